The molecule has 1 aliphatic rings. The van der Waals surface area contributed by atoms with Crippen LogP contribution < -0.4 is 10.2 Å². The lowest BCUT2D eigenvalue weighted by Gasteiger charge is -2.22. The highest BCUT2D eigenvalue weighted by Crippen LogP contribution is 2.30. The van der Waals surface area contributed by atoms with E-state index in [0.717, 1.165) is 19.6 Å². The summed E-state index contributed by atoms with van der Waals surface area (Å²) >= 11 is 0. The van der Waals surface area contributed by atoms with Gasteiger partial charge in [0.25, 0.3) is 0 Å². The van der Waals surface area contributed by atoms with Crippen molar-refractivity contribution < 1.29 is 9.53 Å². The Hall–Kier alpha value is -1.55. The van der Waals surface area contributed by atoms with Crippen molar-refractivity contribution in [3.63, 3.8) is 0 Å². The van der Waals surface area contributed by atoms with E-state index < -0.39 is 0 Å². The maximum absolute atomic E-state index is 11.8. The normalized spacial score (nSPS) is 21.8. The smallest absolute Gasteiger partial charge is 0.310 e. The Bertz CT molecular complexity index is 440. The number of methoxy groups -OCH3 is 1. The molecule has 2 rings (SSSR count). The van der Waals surface area contributed by atoms with Crippen LogP contribution in [0.15, 0.2) is 24.3 Å². The van der Waals surface area contributed by atoms with Crippen LogP contribution in [-0.2, 0) is 9.53 Å². The molecule has 1 fully saturated rings. The monoisotopic (exact) mass is 276 g/mol. The number of benzene rings is 1. The molecule has 0 spiro atoms. The first kappa shape index (κ1) is 14.9. The third-order valence-electron chi connectivity index (χ3n) is 4.17. The third kappa shape index (κ3) is 2.96. The van der Waals surface area contributed by atoms with Crippen molar-refractivity contribution in [1.82, 2.24) is 5.32 Å². The fourth-order valence-electron chi connectivity index (χ4n) is 2.95. The molecule has 0 aromatic heterocycles. The molecule has 1 N–H and O–H groups in total. The van der Waals surface area contributed by atoms with Gasteiger partial charge in [-0.25, -0.2) is 0 Å². The van der Waals surface area contributed by atoms with Gasteiger partial charge in [0, 0.05) is 37.8 Å². The van der Waals surface area contributed by atoms with Gasteiger partial charge in [0.2, 0.25) is 0 Å². The maximum Gasteiger partial charge on any atom is 0.310 e. The molecule has 20 heavy (non-hydrogen) atoms. The zero-order valence-corrected chi connectivity index (χ0v) is 12.6. The molecule has 0 radical (unpaired) electrons. The van der Waals surface area contributed by atoms with Crippen LogP contribution in [0.2, 0.25) is 0 Å². The van der Waals surface area contributed by atoms with Crippen LogP contribution in [0, 0.1) is 5.92 Å². The molecule has 110 valence electrons. The van der Waals surface area contributed by atoms with Gasteiger partial charge >= 0.3 is 5.97 Å². The molecule has 0 bridgehead atoms. The summed E-state index contributed by atoms with van der Waals surface area (Å²) in [5.74, 6) is 0.0281. The zero-order valence-electron chi connectivity index (χ0n) is 12.6. The Morgan fingerprint density at radius 1 is 1.25 bits per heavy atom. The molecule has 1 heterocycles. The molecule has 1 aromatic carbocycles. The summed E-state index contributed by atoms with van der Waals surface area (Å²) < 4.78 is 4.90. The van der Waals surface area contributed by atoms with E-state index in [0.29, 0.717) is 6.54 Å². The average Bonchev–Trinajstić information content (AvgIpc) is 2.98. The van der Waals surface area contributed by atoms with E-state index in [4.69, 9.17) is 4.74 Å². The van der Waals surface area contributed by atoms with Gasteiger partial charge in [-0.15, -0.1) is 0 Å². The first-order chi connectivity index (χ1) is 9.71. The standard InChI is InChI=1S/C16H24N2O2/c1-4-18(5-2)13-8-6-12(7-9-13)14-10-17-11-15(14)16(19)20-3/h6-9,14-15,17H,4-5,10-11H2,1-3H3. The van der Waals surface area contributed by atoms with E-state index in [1.807, 2.05) is 0 Å². The van der Waals surface area contributed by atoms with Crippen molar-refractivity contribution >= 4 is 11.7 Å². The lowest BCUT2D eigenvalue weighted by atomic mass is 9.89. The molecule has 1 aromatic rings. The number of anilines is 1. The predicted octanol–water partition coefficient (Wildman–Crippen LogP) is 2.01. The van der Waals surface area contributed by atoms with Crippen LogP contribution in [0.25, 0.3) is 0 Å². The number of carbonyl (C=O) groups excluding carboxylic acids is 1. The fourth-order valence-corrected chi connectivity index (χ4v) is 2.95. The van der Waals surface area contributed by atoms with Gasteiger partial charge in [0.1, 0.15) is 0 Å². The van der Waals surface area contributed by atoms with E-state index in [2.05, 4.69) is 48.3 Å². The van der Waals surface area contributed by atoms with Crippen molar-refractivity contribution in [3.8, 4) is 0 Å². The lowest BCUT2D eigenvalue weighted by Crippen LogP contribution is -2.23. The molecule has 0 saturated carbocycles. The van der Waals surface area contributed by atoms with Crippen molar-refractivity contribution in [2.45, 2.75) is 19.8 Å². The van der Waals surface area contributed by atoms with Crippen molar-refractivity contribution in [3.05, 3.63) is 29.8 Å². The summed E-state index contributed by atoms with van der Waals surface area (Å²) in [5.41, 5.74) is 2.45. The summed E-state index contributed by atoms with van der Waals surface area (Å²) in [6, 6.07) is 8.58. The third-order valence-corrected chi connectivity index (χ3v) is 4.17. The molecule has 4 heteroatoms. The summed E-state index contributed by atoms with van der Waals surface area (Å²) in [4.78, 5) is 14.1. The number of carbonyl (C=O) groups is 1. The van der Waals surface area contributed by atoms with Crippen LogP contribution in [0.4, 0.5) is 5.69 Å². The van der Waals surface area contributed by atoms with Gasteiger partial charge < -0.3 is 15.0 Å². The van der Waals surface area contributed by atoms with Crippen molar-refractivity contribution in [2.24, 2.45) is 5.92 Å². The summed E-state index contributed by atoms with van der Waals surface area (Å²) in [5, 5.41) is 3.28. The highest BCUT2D eigenvalue weighted by Gasteiger charge is 2.34. The van der Waals surface area contributed by atoms with Crippen LogP contribution >= 0.6 is 0 Å². The molecular weight excluding hydrogens is 252 g/mol. The van der Waals surface area contributed by atoms with Crippen LogP contribution in [0.1, 0.15) is 25.3 Å². The lowest BCUT2D eigenvalue weighted by molar-refractivity contribution is -0.145. The summed E-state index contributed by atoms with van der Waals surface area (Å²) in [6.45, 7) is 7.87. The first-order valence-corrected chi connectivity index (χ1v) is 7.34. The van der Waals surface area contributed by atoms with Crippen LogP contribution in [0.3, 0.4) is 0 Å². The van der Waals surface area contributed by atoms with Gasteiger partial charge in [-0.3, -0.25) is 4.79 Å². The van der Waals surface area contributed by atoms with Crippen molar-refractivity contribution in [1.29, 1.82) is 0 Å². The first-order valence-electron chi connectivity index (χ1n) is 7.34. The van der Waals surface area contributed by atoms with E-state index in [1.165, 1.54) is 18.4 Å². The largest absolute Gasteiger partial charge is 0.469 e. The fraction of sp³-hybridized carbons (Fsp3) is 0.562. The molecular formula is C16H24N2O2. The van der Waals surface area contributed by atoms with Gasteiger partial charge in [-0.2, -0.15) is 0 Å². The number of ether oxygens (including phenoxy) is 1. The molecule has 1 saturated heterocycles. The minimum absolute atomic E-state index is 0.0701. The van der Waals surface area contributed by atoms with Gasteiger partial charge in [-0.05, 0) is 31.5 Å². The molecule has 2 unspecified atom stereocenters. The Labute approximate surface area is 121 Å². The number of esters is 1. The Balaban J connectivity index is 2.15. The number of nitrogens with one attached hydrogen (secondary N) is 1. The number of nitrogens with zero attached hydrogens (tertiary/aromatic N) is 1. The highest BCUT2D eigenvalue weighted by molar-refractivity contribution is 5.74. The second-order valence-electron chi connectivity index (χ2n) is 5.16. The van der Waals surface area contributed by atoms with E-state index in [1.54, 1.807) is 0 Å². The number of rotatable bonds is 5. The van der Waals surface area contributed by atoms with E-state index in [-0.39, 0.29) is 17.8 Å². The van der Waals surface area contributed by atoms with E-state index in [9.17, 15) is 4.79 Å². The quantitative estimate of drug-likeness (QED) is 0.835. The topological polar surface area (TPSA) is 41.6 Å². The van der Waals surface area contributed by atoms with Gasteiger partial charge in [0.05, 0.1) is 13.0 Å². The Morgan fingerprint density at radius 2 is 1.90 bits per heavy atom. The Morgan fingerprint density at radius 3 is 2.45 bits per heavy atom. The predicted molar refractivity (Wildman–Crippen MR) is 81.1 cm³/mol. The van der Waals surface area contributed by atoms with Crippen LogP contribution in [0.5, 0.6) is 0 Å². The second kappa shape index (κ2) is 6.75. The highest BCUT2D eigenvalue weighted by atomic mass is 16.5. The molecule has 2 atom stereocenters. The average molecular weight is 276 g/mol. The minimum atomic E-state index is -0.118. The molecule has 1 aliphatic heterocycles. The van der Waals surface area contributed by atoms with Crippen molar-refractivity contribution in [2.75, 3.05) is 38.2 Å². The maximum atomic E-state index is 11.8. The number of hydrogen-bond donors (Lipinski definition) is 1. The molecule has 0 aliphatic carbocycles. The SMILES string of the molecule is CCN(CC)c1ccc(C2CNCC2C(=O)OC)cc1. The summed E-state index contributed by atoms with van der Waals surface area (Å²) in [6.07, 6.45) is 0. The van der Waals surface area contributed by atoms with E-state index >= 15 is 0 Å². The van der Waals surface area contributed by atoms with Crippen LogP contribution in [-0.4, -0.2) is 39.3 Å². The van der Waals surface area contributed by atoms with Gasteiger partial charge in [-0.1, -0.05) is 12.1 Å². The zero-order chi connectivity index (χ0) is 14.5. The van der Waals surface area contributed by atoms with Gasteiger partial charge in [0.15, 0.2) is 0 Å². The second-order valence-corrected chi connectivity index (χ2v) is 5.16. The number of hydrogen-bond acceptors (Lipinski definition) is 4. The molecule has 0 amide bonds. The molecule has 4 nitrogen and oxygen atoms in total. The minimum Gasteiger partial charge on any atom is -0.469 e. The summed E-state index contributed by atoms with van der Waals surface area (Å²) in [7, 11) is 1.46. The Kier molecular flexibility index (Phi) is 5.01.